The zero-order chi connectivity index (χ0) is 24.7. The number of hydrogen-bond acceptors (Lipinski definition) is 4. The number of carbonyl (C=O) groups excluding carboxylic acids is 1. The van der Waals surface area contributed by atoms with Crippen molar-refractivity contribution in [2.45, 2.75) is 20.5 Å². The van der Waals surface area contributed by atoms with Crippen molar-refractivity contribution in [1.29, 1.82) is 5.26 Å². The molecule has 0 radical (unpaired) electrons. The first-order valence-corrected chi connectivity index (χ1v) is 11.9. The Morgan fingerprint density at radius 2 is 1.85 bits per heavy atom. The minimum Gasteiger partial charge on any atom is -0.490 e. The smallest absolute Gasteiger partial charge is 0.266 e. The van der Waals surface area contributed by atoms with Crippen LogP contribution in [0.15, 0.2) is 64.6 Å². The van der Waals surface area contributed by atoms with E-state index < -0.39 is 5.91 Å². The molecule has 0 fully saturated rings. The Balaban J connectivity index is 1.84. The van der Waals surface area contributed by atoms with Crippen LogP contribution >= 0.6 is 39.1 Å². The van der Waals surface area contributed by atoms with E-state index in [-0.39, 0.29) is 5.57 Å². The quantitative estimate of drug-likeness (QED) is 0.228. The van der Waals surface area contributed by atoms with Crippen molar-refractivity contribution < 1.29 is 14.3 Å². The van der Waals surface area contributed by atoms with Crippen molar-refractivity contribution in [3.63, 3.8) is 0 Å². The summed E-state index contributed by atoms with van der Waals surface area (Å²) in [5.74, 6) is 0.464. The fourth-order valence-electron chi connectivity index (χ4n) is 2.99. The number of anilines is 1. The molecule has 0 saturated carbocycles. The molecular weight excluding hydrogens is 539 g/mol. The summed E-state index contributed by atoms with van der Waals surface area (Å²) in [6, 6.07) is 17.9. The van der Waals surface area contributed by atoms with Crippen molar-refractivity contribution in [1.82, 2.24) is 0 Å². The van der Waals surface area contributed by atoms with Crippen LogP contribution in [-0.2, 0) is 11.4 Å². The third-order valence-electron chi connectivity index (χ3n) is 4.73. The van der Waals surface area contributed by atoms with Crippen molar-refractivity contribution in [2.75, 3.05) is 11.9 Å². The Hall–Kier alpha value is -2.98. The van der Waals surface area contributed by atoms with Crippen molar-refractivity contribution in [3.8, 4) is 17.6 Å². The van der Waals surface area contributed by atoms with Gasteiger partial charge in [-0.25, -0.2) is 0 Å². The highest BCUT2D eigenvalue weighted by molar-refractivity contribution is 9.10. The number of hydrogen-bond donors (Lipinski definition) is 1. The number of carbonyl (C=O) groups is 1. The molecule has 34 heavy (non-hydrogen) atoms. The molecule has 1 N–H and O–H groups in total. The summed E-state index contributed by atoms with van der Waals surface area (Å²) in [6.45, 7) is 4.46. The number of nitriles is 1. The van der Waals surface area contributed by atoms with E-state index in [1.165, 1.54) is 6.08 Å². The molecule has 0 unspecified atom stereocenters. The highest BCUT2D eigenvalue weighted by atomic mass is 79.9. The summed E-state index contributed by atoms with van der Waals surface area (Å²) in [4.78, 5) is 12.7. The summed E-state index contributed by atoms with van der Waals surface area (Å²) in [5, 5.41) is 13.5. The first kappa shape index (κ1) is 25.6. The van der Waals surface area contributed by atoms with Gasteiger partial charge in [0.2, 0.25) is 0 Å². The van der Waals surface area contributed by atoms with Gasteiger partial charge in [0.05, 0.1) is 11.1 Å². The average Bonchev–Trinajstić information content (AvgIpc) is 2.80. The first-order valence-electron chi connectivity index (χ1n) is 10.3. The number of aryl methyl sites for hydroxylation is 1. The first-order chi connectivity index (χ1) is 16.3. The summed E-state index contributed by atoms with van der Waals surface area (Å²) in [6.07, 6.45) is 1.49. The second-order valence-corrected chi connectivity index (χ2v) is 8.96. The minimum atomic E-state index is -0.542. The van der Waals surface area contributed by atoms with E-state index in [9.17, 15) is 10.1 Å². The van der Waals surface area contributed by atoms with Crippen LogP contribution in [-0.4, -0.2) is 12.5 Å². The molecule has 0 saturated heterocycles. The van der Waals surface area contributed by atoms with Crippen molar-refractivity contribution in [3.05, 3.63) is 91.4 Å². The monoisotopic (exact) mass is 558 g/mol. The molecule has 174 valence electrons. The van der Waals surface area contributed by atoms with E-state index in [4.69, 9.17) is 32.7 Å². The van der Waals surface area contributed by atoms with Crippen LogP contribution in [0, 0.1) is 18.3 Å². The lowest BCUT2D eigenvalue weighted by atomic mass is 10.1. The average molecular weight is 560 g/mol. The number of benzene rings is 3. The molecule has 8 heteroatoms. The molecule has 0 bridgehead atoms. The molecule has 0 aromatic heterocycles. The zero-order valence-electron chi connectivity index (χ0n) is 18.5. The lowest BCUT2D eigenvalue weighted by Gasteiger charge is -2.15. The largest absolute Gasteiger partial charge is 0.490 e. The van der Waals surface area contributed by atoms with Crippen molar-refractivity contribution in [2.24, 2.45) is 0 Å². The predicted molar refractivity (Wildman–Crippen MR) is 140 cm³/mol. The lowest BCUT2D eigenvalue weighted by Crippen LogP contribution is -2.13. The van der Waals surface area contributed by atoms with Crippen LogP contribution in [0.1, 0.15) is 23.6 Å². The third-order valence-corrected chi connectivity index (χ3v) is 5.98. The summed E-state index contributed by atoms with van der Waals surface area (Å²) in [5.41, 5.74) is 2.87. The Bertz CT molecular complexity index is 1270. The number of amides is 1. The van der Waals surface area contributed by atoms with E-state index >= 15 is 0 Å². The fraction of sp³-hybridized carbons (Fsp3) is 0.154. The summed E-state index contributed by atoms with van der Waals surface area (Å²) in [7, 11) is 0. The molecule has 1 amide bonds. The maximum atomic E-state index is 12.7. The van der Waals surface area contributed by atoms with E-state index in [1.807, 2.05) is 32.0 Å². The SMILES string of the molecule is CCOc1cc(/C=C(/C#N)C(=O)Nc2ccc(C)c(Cl)c2)cc(Br)c1OCc1ccc(Cl)cc1. The molecule has 0 atom stereocenters. The Labute approximate surface area is 217 Å². The normalized spacial score (nSPS) is 11.0. The maximum Gasteiger partial charge on any atom is 0.266 e. The van der Waals surface area contributed by atoms with Gasteiger partial charge in [0.1, 0.15) is 18.2 Å². The van der Waals surface area contributed by atoms with Gasteiger partial charge in [-0.15, -0.1) is 0 Å². The van der Waals surface area contributed by atoms with E-state index in [1.54, 1.807) is 42.5 Å². The Morgan fingerprint density at radius 3 is 2.50 bits per heavy atom. The number of nitrogens with one attached hydrogen (secondary N) is 1. The molecule has 3 aromatic carbocycles. The van der Waals surface area contributed by atoms with E-state index in [0.717, 1.165) is 11.1 Å². The lowest BCUT2D eigenvalue weighted by molar-refractivity contribution is -0.112. The molecule has 5 nitrogen and oxygen atoms in total. The maximum absolute atomic E-state index is 12.7. The molecule has 0 heterocycles. The van der Waals surface area contributed by atoms with Gasteiger partial charge in [-0.3, -0.25) is 4.79 Å². The molecular formula is C26H21BrCl2N2O3. The van der Waals surface area contributed by atoms with E-state index in [2.05, 4.69) is 21.2 Å². The molecule has 0 aliphatic rings. The standard InChI is InChI=1S/C26H21BrCl2N2O3/c1-3-33-24-12-18(11-22(27)25(24)34-15-17-5-7-20(28)8-6-17)10-19(14-30)26(32)31-21-9-4-16(2)23(29)13-21/h4-13H,3,15H2,1-2H3,(H,31,32)/b19-10-. The van der Waals surface area contributed by atoms with Crippen LogP contribution in [0.2, 0.25) is 10.0 Å². The predicted octanol–water partition coefficient (Wildman–Crippen LogP) is 7.59. The van der Waals surface area contributed by atoms with Gasteiger partial charge in [0.15, 0.2) is 11.5 Å². The van der Waals surface area contributed by atoms with Gasteiger partial charge in [-0.1, -0.05) is 41.4 Å². The van der Waals surface area contributed by atoms with Crippen LogP contribution in [0.25, 0.3) is 6.08 Å². The van der Waals surface area contributed by atoms with Crippen LogP contribution in [0.5, 0.6) is 11.5 Å². The summed E-state index contributed by atoms with van der Waals surface area (Å²) < 4.78 is 12.4. The third kappa shape index (κ3) is 6.77. The molecule has 0 aliphatic heterocycles. The number of rotatable bonds is 8. The summed E-state index contributed by atoms with van der Waals surface area (Å²) >= 11 is 15.6. The Morgan fingerprint density at radius 1 is 1.12 bits per heavy atom. The number of ether oxygens (including phenoxy) is 2. The molecule has 3 aromatic rings. The van der Waals surface area contributed by atoms with Gasteiger partial charge < -0.3 is 14.8 Å². The number of nitrogens with zero attached hydrogens (tertiary/aromatic N) is 1. The molecule has 0 aliphatic carbocycles. The minimum absolute atomic E-state index is 0.0686. The highest BCUT2D eigenvalue weighted by Gasteiger charge is 2.15. The van der Waals surface area contributed by atoms with Crippen LogP contribution in [0.3, 0.4) is 0 Å². The Kier molecular flexibility index (Phi) is 9.00. The topological polar surface area (TPSA) is 71.3 Å². The highest BCUT2D eigenvalue weighted by Crippen LogP contribution is 2.38. The van der Waals surface area contributed by atoms with Gasteiger partial charge in [0, 0.05) is 15.7 Å². The second kappa shape index (κ2) is 11.9. The zero-order valence-corrected chi connectivity index (χ0v) is 21.6. The van der Waals surface area contributed by atoms with E-state index in [0.29, 0.717) is 50.5 Å². The van der Waals surface area contributed by atoms with Crippen LogP contribution in [0.4, 0.5) is 5.69 Å². The molecule has 0 spiro atoms. The van der Waals surface area contributed by atoms with Gasteiger partial charge in [-0.2, -0.15) is 5.26 Å². The van der Waals surface area contributed by atoms with Gasteiger partial charge >= 0.3 is 0 Å². The van der Waals surface area contributed by atoms with Gasteiger partial charge in [0.25, 0.3) is 5.91 Å². The van der Waals surface area contributed by atoms with Gasteiger partial charge in [-0.05, 0) is 88.9 Å². The number of halogens is 3. The second-order valence-electron chi connectivity index (χ2n) is 7.27. The van der Waals surface area contributed by atoms with Crippen LogP contribution < -0.4 is 14.8 Å². The van der Waals surface area contributed by atoms with Crippen molar-refractivity contribution >= 4 is 56.8 Å². The fourth-order valence-corrected chi connectivity index (χ4v) is 3.88. The molecule has 3 rings (SSSR count).